The van der Waals surface area contributed by atoms with Crippen molar-refractivity contribution in [2.75, 3.05) is 18.5 Å². The van der Waals surface area contributed by atoms with Crippen LogP contribution in [0, 0.1) is 5.92 Å². The van der Waals surface area contributed by atoms with Crippen molar-refractivity contribution >= 4 is 17.5 Å². The summed E-state index contributed by atoms with van der Waals surface area (Å²) in [7, 11) is 0. The van der Waals surface area contributed by atoms with Crippen LogP contribution in [0.5, 0.6) is 5.75 Å². The molecule has 31 heavy (non-hydrogen) atoms. The van der Waals surface area contributed by atoms with Crippen molar-refractivity contribution in [3.63, 3.8) is 0 Å². The fourth-order valence-electron chi connectivity index (χ4n) is 5.51. The number of benzene rings is 3. The number of carbonyl (C=O) groups excluding carboxylic acids is 2. The van der Waals surface area contributed by atoms with Crippen LogP contribution in [0.2, 0.25) is 0 Å². The number of amides is 2. The van der Waals surface area contributed by atoms with Gasteiger partial charge in [0.1, 0.15) is 5.75 Å². The molecule has 7 rings (SSSR count). The van der Waals surface area contributed by atoms with E-state index in [0.29, 0.717) is 41.3 Å². The number of anilines is 1. The van der Waals surface area contributed by atoms with E-state index in [1.807, 2.05) is 0 Å². The third-order valence-corrected chi connectivity index (χ3v) is 6.82. The number of hydrogen-bond donors (Lipinski definition) is 2. The number of carbonyl (C=O) groups is 2. The van der Waals surface area contributed by atoms with Crippen molar-refractivity contribution in [3.05, 3.63) is 94.5 Å². The van der Waals surface area contributed by atoms with Crippen LogP contribution < -0.4 is 15.4 Å². The molecule has 0 spiro atoms. The summed E-state index contributed by atoms with van der Waals surface area (Å²) in [5.41, 5.74) is 6.71. The molecule has 154 valence electrons. The smallest absolute Gasteiger partial charge is 0.262 e. The molecule has 3 aromatic carbocycles. The van der Waals surface area contributed by atoms with E-state index in [4.69, 9.17) is 4.74 Å². The molecule has 4 aliphatic rings. The van der Waals surface area contributed by atoms with Gasteiger partial charge in [0.2, 0.25) is 0 Å². The Hall–Kier alpha value is -3.60. The van der Waals surface area contributed by atoms with Crippen LogP contribution in [0.25, 0.3) is 0 Å². The average molecular weight is 410 g/mol. The summed E-state index contributed by atoms with van der Waals surface area (Å²) in [5.74, 6) is 1.28. The van der Waals surface area contributed by atoms with Crippen molar-refractivity contribution < 1.29 is 14.3 Å². The first-order valence-corrected chi connectivity index (χ1v) is 10.7. The summed E-state index contributed by atoms with van der Waals surface area (Å²) in [6, 6.07) is 22.6. The zero-order valence-electron chi connectivity index (χ0n) is 16.9. The van der Waals surface area contributed by atoms with Gasteiger partial charge in [0, 0.05) is 23.9 Å². The van der Waals surface area contributed by atoms with Gasteiger partial charge >= 0.3 is 0 Å². The van der Waals surface area contributed by atoms with Gasteiger partial charge in [0.25, 0.3) is 11.8 Å². The first kappa shape index (κ1) is 18.2. The predicted octanol–water partition coefficient (Wildman–Crippen LogP) is 4.04. The highest BCUT2D eigenvalue weighted by Crippen LogP contribution is 2.55. The highest BCUT2D eigenvalue weighted by molar-refractivity contribution is 5.99. The summed E-state index contributed by atoms with van der Waals surface area (Å²) in [6.07, 6.45) is 1.03. The Morgan fingerprint density at radius 2 is 1.65 bits per heavy atom. The molecule has 2 amide bonds. The van der Waals surface area contributed by atoms with Crippen LogP contribution in [0.1, 0.15) is 50.9 Å². The SMILES string of the molecule is O=C1COc2ccc(C(=O)NC[C@H]3CC4c5ccccc5C3c3ccccc34)cc2N1. The lowest BCUT2D eigenvalue weighted by Gasteiger charge is -2.45. The highest BCUT2D eigenvalue weighted by Gasteiger charge is 2.42. The molecule has 3 aromatic rings. The quantitative estimate of drug-likeness (QED) is 0.685. The first-order chi connectivity index (χ1) is 15.2. The summed E-state index contributed by atoms with van der Waals surface area (Å²) in [6.45, 7) is 0.619. The van der Waals surface area contributed by atoms with E-state index in [1.165, 1.54) is 22.3 Å². The van der Waals surface area contributed by atoms with Crippen molar-refractivity contribution in [3.8, 4) is 5.75 Å². The Labute approximate surface area is 180 Å². The zero-order chi connectivity index (χ0) is 20.9. The Morgan fingerprint density at radius 3 is 2.35 bits per heavy atom. The Balaban J connectivity index is 1.24. The number of hydrogen-bond acceptors (Lipinski definition) is 3. The van der Waals surface area contributed by atoms with Crippen LogP contribution in [0.3, 0.4) is 0 Å². The van der Waals surface area contributed by atoms with E-state index in [1.54, 1.807) is 18.2 Å². The molecule has 0 unspecified atom stereocenters. The maximum Gasteiger partial charge on any atom is 0.262 e. The molecule has 1 heterocycles. The fourth-order valence-corrected chi connectivity index (χ4v) is 5.51. The minimum atomic E-state index is -0.208. The fraction of sp³-hybridized carbons (Fsp3) is 0.231. The number of nitrogens with one attached hydrogen (secondary N) is 2. The number of ether oxygens (including phenoxy) is 1. The molecule has 2 bridgehead atoms. The Kier molecular flexibility index (Phi) is 4.10. The zero-order valence-corrected chi connectivity index (χ0v) is 16.9. The highest BCUT2D eigenvalue weighted by atomic mass is 16.5. The van der Waals surface area contributed by atoms with E-state index in [9.17, 15) is 9.59 Å². The van der Waals surface area contributed by atoms with Crippen LogP contribution in [-0.2, 0) is 4.79 Å². The molecule has 0 saturated carbocycles. The third kappa shape index (κ3) is 2.92. The third-order valence-electron chi connectivity index (χ3n) is 6.82. The molecule has 0 radical (unpaired) electrons. The largest absolute Gasteiger partial charge is 0.482 e. The minimum Gasteiger partial charge on any atom is -0.482 e. The number of rotatable bonds is 3. The maximum absolute atomic E-state index is 12.9. The van der Waals surface area contributed by atoms with Gasteiger partial charge in [-0.3, -0.25) is 9.59 Å². The van der Waals surface area contributed by atoms with Gasteiger partial charge in [-0.25, -0.2) is 0 Å². The normalized spacial score (nSPS) is 22.5. The van der Waals surface area contributed by atoms with Crippen molar-refractivity contribution in [1.82, 2.24) is 5.32 Å². The van der Waals surface area contributed by atoms with Crippen molar-refractivity contribution in [2.24, 2.45) is 5.92 Å². The van der Waals surface area contributed by atoms with E-state index in [-0.39, 0.29) is 18.4 Å². The van der Waals surface area contributed by atoms with Crippen LogP contribution in [-0.4, -0.2) is 25.0 Å². The van der Waals surface area contributed by atoms with Gasteiger partial charge in [-0.15, -0.1) is 0 Å². The topological polar surface area (TPSA) is 67.4 Å². The van der Waals surface area contributed by atoms with Gasteiger partial charge in [-0.1, -0.05) is 48.5 Å². The molecule has 0 saturated heterocycles. The Bertz CT molecular complexity index is 1170. The van der Waals surface area contributed by atoms with E-state index in [2.05, 4.69) is 59.2 Å². The lowest BCUT2D eigenvalue weighted by atomic mass is 9.59. The van der Waals surface area contributed by atoms with Gasteiger partial charge in [0.15, 0.2) is 6.61 Å². The number of fused-ring (bicyclic) bond motifs is 2. The van der Waals surface area contributed by atoms with E-state index in [0.717, 1.165) is 6.42 Å². The molecule has 5 heteroatoms. The first-order valence-electron chi connectivity index (χ1n) is 10.7. The average Bonchev–Trinajstić information content (AvgIpc) is 2.82. The summed E-state index contributed by atoms with van der Waals surface area (Å²) in [5, 5.41) is 5.90. The van der Waals surface area contributed by atoms with Gasteiger partial charge in [0.05, 0.1) is 5.69 Å². The molecule has 1 atom stereocenters. The lowest BCUT2D eigenvalue weighted by molar-refractivity contribution is -0.118. The van der Waals surface area contributed by atoms with E-state index >= 15 is 0 Å². The molecular weight excluding hydrogens is 388 g/mol. The van der Waals surface area contributed by atoms with Gasteiger partial charge < -0.3 is 15.4 Å². The predicted molar refractivity (Wildman–Crippen MR) is 118 cm³/mol. The Morgan fingerprint density at radius 1 is 0.968 bits per heavy atom. The summed E-state index contributed by atoms with van der Waals surface area (Å²) < 4.78 is 5.38. The van der Waals surface area contributed by atoms with Crippen LogP contribution in [0.15, 0.2) is 66.7 Å². The monoisotopic (exact) mass is 410 g/mol. The molecule has 1 aliphatic heterocycles. The lowest BCUT2D eigenvalue weighted by Crippen LogP contribution is -2.39. The molecule has 5 nitrogen and oxygen atoms in total. The van der Waals surface area contributed by atoms with Crippen molar-refractivity contribution in [2.45, 2.75) is 18.3 Å². The second kappa shape index (κ2) is 6.98. The molecule has 3 aliphatic carbocycles. The van der Waals surface area contributed by atoms with E-state index < -0.39 is 0 Å². The maximum atomic E-state index is 12.9. The molecule has 0 fully saturated rings. The molecule has 0 aromatic heterocycles. The van der Waals surface area contributed by atoms with Gasteiger partial charge in [-0.05, 0) is 52.8 Å². The second-order valence-corrected chi connectivity index (χ2v) is 8.54. The standard InChI is InChI=1S/C26H22N2O3/c29-24-14-31-23-10-9-15(12-22(23)28-24)26(30)27-13-16-11-21-17-5-1-3-7-19(17)25(16)20-8-4-2-6-18(20)21/h1-10,12,16,21,25H,11,13-14H2,(H,27,30)(H,28,29)/t16-,21?,25?/m1/s1. The summed E-state index contributed by atoms with van der Waals surface area (Å²) in [4.78, 5) is 24.5. The summed E-state index contributed by atoms with van der Waals surface area (Å²) >= 11 is 0. The van der Waals surface area contributed by atoms with Gasteiger partial charge in [-0.2, -0.15) is 0 Å². The second-order valence-electron chi connectivity index (χ2n) is 8.54. The van der Waals surface area contributed by atoms with Crippen LogP contribution >= 0.6 is 0 Å². The molecule has 2 N–H and O–H groups in total. The van der Waals surface area contributed by atoms with Crippen LogP contribution in [0.4, 0.5) is 5.69 Å². The van der Waals surface area contributed by atoms with Crippen molar-refractivity contribution in [1.29, 1.82) is 0 Å². The molecular formula is C26H22N2O3. The minimum absolute atomic E-state index is 0.00568.